The van der Waals surface area contributed by atoms with Gasteiger partial charge in [0, 0.05) is 23.9 Å². The van der Waals surface area contributed by atoms with Gasteiger partial charge in [-0.15, -0.1) is 0 Å². The standard InChI is InChI=1S/C22H24F2N4O4S/c1-12-8-13-4-3-5-17(13)20(19(12)14-6-7-25-18(11-14)32-2)26-22(29)28-33(30,31)27-16-9-15(10-16)21(23)24/h6-8,11,16,27H,3-5,9-10H2,1-2H3,(H2,26,28,29). The van der Waals surface area contributed by atoms with Crippen molar-refractivity contribution in [1.82, 2.24) is 14.4 Å². The predicted octanol–water partition coefficient (Wildman–Crippen LogP) is 3.82. The topological polar surface area (TPSA) is 109 Å². The molecule has 1 saturated carbocycles. The molecule has 0 atom stereocenters. The first kappa shape index (κ1) is 23.1. The Labute approximate surface area is 190 Å². The van der Waals surface area contributed by atoms with Crippen molar-refractivity contribution in [2.45, 2.75) is 45.1 Å². The van der Waals surface area contributed by atoms with Gasteiger partial charge in [-0.1, -0.05) is 6.07 Å². The van der Waals surface area contributed by atoms with E-state index in [2.05, 4.69) is 21.1 Å². The zero-order valence-electron chi connectivity index (χ0n) is 18.2. The third kappa shape index (κ3) is 4.98. The third-order valence-corrected chi connectivity index (χ3v) is 6.97. The van der Waals surface area contributed by atoms with Gasteiger partial charge < -0.3 is 10.1 Å². The molecule has 0 bridgehead atoms. The van der Waals surface area contributed by atoms with Crippen LogP contribution in [0.15, 0.2) is 36.0 Å². The molecule has 0 unspecified atom stereocenters. The summed E-state index contributed by atoms with van der Waals surface area (Å²) in [6, 6.07) is 4.01. The Balaban J connectivity index is 1.58. The number of amides is 2. The minimum Gasteiger partial charge on any atom is -0.481 e. The molecule has 2 aromatic rings. The molecule has 33 heavy (non-hydrogen) atoms. The molecule has 1 aromatic heterocycles. The zero-order chi connectivity index (χ0) is 23.8. The summed E-state index contributed by atoms with van der Waals surface area (Å²) in [5.41, 5.74) is 4.96. The van der Waals surface area contributed by atoms with Gasteiger partial charge in [-0.2, -0.15) is 21.9 Å². The molecule has 0 aliphatic heterocycles. The second-order valence-electron chi connectivity index (χ2n) is 8.17. The van der Waals surface area contributed by atoms with E-state index in [9.17, 15) is 22.0 Å². The average molecular weight is 479 g/mol. The number of nitrogens with one attached hydrogen (secondary N) is 3. The van der Waals surface area contributed by atoms with Crippen molar-refractivity contribution in [3.8, 4) is 17.0 Å². The summed E-state index contributed by atoms with van der Waals surface area (Å²) in [6.07, 6.45) is 2.20. The monoisotopic (exact) mass is 478 g/mol. The van der Waals surface area contributed by atoms with Gasteiger partial charge in [0.25, 0.3) is 6.08 Å². The number of hydrogen-bond donors (Lipinski definition) is 3. The van der Waals surface area contributed by atoms with Gasteiger partial charge in [-0.05, 0) is 72.9 Å². The number of hydrogen-bond acceptors (Lipinski definition) is 5. The lowest BCUT2D eigenvalue weighted by molar-refractivity contribution is 0.256. The number of benzene rings is 1. The fourth-order valence-electron chi connectivity index (χ4n) is 4.36. The normalized spacial score (nSPS) is 17.2. The van der Waals surface area contributed by atoms with Crippen LogP contribution in [-0.2, 0) is 23.1 Å². The van der Waals surface area contributed by atoms with Crippen LogP contribution >= 0.6 is 0 Å². The van der Waals surface area contributed by atoms with Gasteiger partial charge in [-0.25, -0.2) is 14.5 Å². The minimum absolute atomic E-state index is 0.0791. The summed E-state index contributed by atoms with van der Waals surface area (Å²) in [4.78, 5) is 16.8. The van der Waals surface area contributed by atoms with E-state index in [1.54, 1.807) is 18.3 Å². The van der Waals surface area contributed by atoms with Crippen molar-refractivity contribution in [3.05, 3.63) is 52.7 Å². The van der Waals surface area contributed by atoms with Crippen LogP contribution in [0.25, 0.3) is 11.1 Å². The van der Waals surface area contributed by atoms with Gasteiger partial charge in [0.15, 0.2) is 0 Å². The Morgan fingerprint density at radius 3 is 2.67 bits per heavy atom. The first-order chi connectivity index (χ1) is 15.7. The zero-order valence-corrected chi connectivity index (χ0v) is 19.0. The van der Waals surface area contributed by atoms with Gasteiger partial charge in [0.05, 0.1) is 12.8 Å². The van der Waals surface area contributed by atoms with Crippen LogP contribution in [0.5, 0.6) is 5.88 Å². The maximum absolute atomic E-state index is 12.7. The molecule has 4 rings (SSSR count). The lowest BCUT2D eigenvalue weighted by Crippen LogP contribution is -2.49. The second kappa shape index (κ2) is 9.06. The average Bonchev–Trinajstić information content (AvgIpc) is 3.18. The molecule has 3 N–H and O–H groups in total. The number of nitrogens with zero attached hydrogens (tertiary/aromatic N) is 1. The van der Waals surface area contributed by atoms with Crippen molar-refractivity contribution >= 4 is 21.9 Å². The summed E-state index contributed by atoms with van der Waals surface area (Å²) in [5, 5.41) is 2.72. The number of anilines is 1. The van der Waals surface area contributed by atoms with Crippen LogP contribution in [0.1, 0.15) is 36.0 Å². The van der Waals surface area contributed by atoms with E-state index in [0.717, 1.165) is 47.1 Å². The molecular weight excluding hydrogens is 454 g/mol. The Kier molecular flexibility index (Phi) is 6.35. The highest BCUT2D eigenvalue weighted by atomic mass is 32.2. The molecule has 1 aromatic carbocycles. The summed E-state index contributed by atoms with van der Waals surface area (Å²) in [5.74, 6) is 0.410. The summed E-state index contributed by atoms with van der Waals surface area (Å²) in [7, 11) is -2.72. The van der Waals surface area contributed by atoms with E-state index in [-0.39, 0.29) is 18.4 Å². The molecule has 11 heteroatoms. The van der Waals surface area contributed by atoms with Crippen molar-refractivity contribution in [2.75, 3.05) is 12.4 Å². The number of rotatable bonds is 6. The first-order valence-corrected chi connectivity index (χ1v) is 11.9. The number of halogens is 2. The van der Waals surface area contributed by atoms with Crippen LogP contribution in [-0.4, -0.2) is 32.6 Å². The van der Waals surface area contributed by atoms with Gasteiger partial charge in [-0.3, -0.25) is 0 Å². The highest BCUT2D eigenvalue weighted by molar-refractivity contribution is 7.88. The Bertz CT molecular complexity index is 1240. The fraction of sp³-hybridized carbons (Fsp3) is 0.364. The van der Waals surface area contributed by atoms with E-state index in [1.807, 2.05) is 11.6 Å². The van der Waals surface area contributed by atoms with Crippen molar-refractivity contribution in [2.24, 2.45) is 0 Å². The number of methoxy groups -OCH3 is 1. The SMILES string of the molecule is COc1cc(-c2c(C)cc3c(c2NC(=O)NS(=O)(=O)NC2CC(=C(F)F)C2)CCC3)ccn1. The molecule has 2 aliphatic rings. The quantitative estimate of drug-likeness (QED) is 0.585. The predicted molar refractivity (Wildman–Crippen MR) is 119 cm³/mol. The van der Waals surface area contributed by atoms with Gasteiger partial charge in [0.2, 0.25) is 5.88 Å². The van der Waals surface area contributed by atoms with Crippen molar-refractivity contribution in [3.63, 3.8) is 0 Å². The van der Waals surface area contributed by atoms with E-state index in [4.69, 9.17) is 4.74 Å². The highest BCUT2D eigenvalue weighted by Crippen LogP contribution is 2.40. The fourth-order valence-corrected chi connectivity index (χ4v) is 5.32. The Morgan fingerprint density at radius 1 is 1.21 bits per heavy atom. The van der Waals surface area contributed by atoms with E-state index >= 15 is 0 Å². The summed E-state index contributed by atoms with van der Waals surface area (Å²) in [6.45, 7) is 1.92. The number of ether oxygens (including phenoxy) is 1. The number of carbonyl (C=O) groups is 1. The second-order valence-corrected chi connectivity index (χ2v) is 9.61. The first-order valence-electron chi connectivity index (χ1n) is 10.5. The van der Waals surface area contributed by atoms with Crippen LogP contribution in [0.2, 0.25) is 0 Å². The number of carbonyl (C=O) groups excluding carboxylic acids is 1. The van der Waals surface area contributed by atoms with E-state index in [1.165, 1.54) is 7.11 Å². The maximum Gasteiger partial charge on any atom is 0.333 e. The lowest BCUT2D eigenvalue weighted by Gasteiger charge is -2.28. The minimum atomic E-state index is -4.23. The number of aromatic nitrogens is 1. The molecule has 1 heterocycles. The molecule has 1 fully saturated rings. The smallest absolute Gasteiger partial charge is 0.333 e. The molecular formula is C22H24F2N4O4S. The van der Waals surface area contributed by atoms with Crippen LogP contribution in [0, 0.1) is 6.92 Å². The van der Waals surface area contributed by atoms with Crippen molar-refractivity contribution < 1.29 is 26.7 Å². The molecule has 2 amide bonds. The molecule has 176 valence electrons. The van der Waals surface area contributed by atoms with Crippen molar-refractivity contribution in [1.29, 1.82) is 0 Å². The third-order valence-electron chi connectivity index (χ3n) is 5.87. The molecule has 0 spiro atoms. The highest BCUT2D eigenvalue weighted by Gasteiger charge is 2.31. The van der Waals surface area contributed by atoms with Crippen LogP contribution in [0.4, 0.5) is 19.3 Å². The molecule has 2 aliphatic carbocycles. The summed E-state index contributed by atoms with van der Waals surface area (Å²) >= 11 is 0. The lowest BCUT2D eigenvalue weighted by atomic mass is 9.88. The Morgan fingerprint density at radius 2 is 1.97 bits per heavy atom. The van der Waals surface area contributed by atoms with E-state index < -0.39 is 28.4 Å². The molecule has 0 radical (unpaired) electrons. The maximum atomic E-state index is 12.7. The molecule has 0 saturated heterocycles. The van der Waals surface area contributed by atoms with E-state index in [0.29, 0.717) is 11.6 Å². The van der Waals surface area contributed by atoms with Crippen LogP contribution < -0.4 is 19.5 Å². The van der Waals surface area contributed by atoms with Crippen LogP contribution in [0.3, 0.4) is 0 Å². The number of urea groups is 1. The molecule has 8 nitrogen and oxygen atoms in total. The summed E-state index contributed by atoms with van der Waals surface area (Å²) < 4.78 is 59.1. The number of pyridine rings is 1. The van der Waals surface area contributed by atoms with Gasteiger partial charge in [0.1, 0.15) is 0 Å². The Hall–Kier alpha value is -3.05. The largest absolute Gasteiger partial charge is 0.481 e. The van der Waals surface area contributed by atoms with Gasteiger partial charge >= 0.3 is 16.2 Å². The number of fused-ring (bicyclic) bond motifs is 1. The number of aryl methyl sites for hydroxylation is 2.